The Balaban J connectivity index is 2.45. The molecule has 0 bridgehead atoms. The van der Waals surface area contributed by atoms with Crippen LogP contribution in [0, 0.1) is 0 Å². The average Bonchev–Trinajstić information content (AvgIpc) is 2.37. The Labute approximate surface area is 72.7 Å². The fourth-order valence-corrected chi connectivity index (χ4v) is 1.48. The van der Waals surface area contributed by atoms with Crippen LogP contribution in [0.25, 0.3) is 0 Å². The highest BCUT2D eigenvalue weighted by Gasteiger charge is 2.26. The zero-order valence-corrected chi connectivity index (χ0v) is 7.49. The zero-order valence-electron chi connectivity index (χ0n) is 7.49. The van der Waals surface area contributed by atoms with E-state index in [4.69, 9.17) is 5.11 Å². The first-order valence-electron chi connectivity index (χ1n) is 4.45. The molecule has 1 heterocycles. The number of hydrazine groups is 1. The molecule has 4 nitrogen and oxygen atoms in total. The second kappa shape index (κ2) is 4.42. The van der Waals surface area contributed by atoms with E-state index in [1.54, 1.807) is 5.01 Å². The van der Waals surface area contributed by atoms with Gasteiger partial charge in [-0.1, -0.05) is 6.92 Å². The van der Waals surface area contributed by atoms with Crippen LogP contribution in [-0.4, -0.2) is 47.3 Å². The molecule has 0 aromatic carbocycles. The second-order valence-electron chi connectivity index (χ2n) is 2.94. The van der Waals surface area contributed by atoms with Crippen molar-refractivity contribution < 1.29 is 9.90 Å². The van der Waals surface area contributed by atoms with E-state index in [9.17, 15) is 4.79 Å². The first-order valence-corrected chi connectivity index (χ1v) is 4.45. The van der Waals surface area contributed by atoms with E-state index in [1.807, 2.05) is 5.01 Å². The van der Waals surface area contributed by atoms with Gasteiger partial charge in [-0.2, -0.15) is 0 Å². The van der Waals surface area contributed by atoms with Crippen molar-refractivity contribution >= 4 is 5.91 Å². The van der Waals surface area contributed by atoms with Crippen molar-refractivity contribution in [3.63, 3.8) is 0 Å². The maximum Gasteiger partial charge on any atom is 0.238 e. The molecule has 1 saturated heterocycles. The van der Waals surface area contributed by atoms with Crippen LogP contribution in [0.15, 0.2) is 0 Å². The summed E-state index contributed by atoms with van der Waals surface area (Å²) in [6.45, 7) is 4.29. The number of carbonyl (C=O) groups excluding carboxylic acids is 1. The van der Waals surface area contributed by atoms with Gasteiger partial charge in [-0.3, -0.25) is 9.80 Å². The fraction of sp³-hybridized carbons (Fsp3) is 0.875. The summed E-state index contributed by atoms with van der Waals surface area (Å²) in [5.41, 5.74) is 0. The highest BCUT2D eigenvalue weighted by Crippen LogP contribution is 2.11. The smallest absolute Gasteiger partial charge is 0.238 e. The minimum atomic E-state index is 0.0476. The van der Waals surface area contributed by atoms with Gasteiger partial charge in [0.15, 0.2) is 0 Å². The molecule has 0 atom stereocenters. The number of hydrogen-bond donors (Lipinski definition) is 1. The van der Waals surface area contributed by atoms with Crippen molar-refractivity contribution in [3.8, 4) is 0 Å². The van der Waals surface area contributed by atoms with Gasteiger partial charge in [0.2, 0.25) is 5.91 Å². The minimum Gasteiger partial charge on any atom is -0.394 e. The quantitative estimate of drug-likeness (QED) is 0.640. The highest BCUT2D eigenvalue weighted by atomic mass is 16.3. The average molecular weight is 172 g/mol. The Kier molecular flexibility index (Phi) is 3.49. The molecule has 0 aliphatic carbocycles. The van der Waals surface area contributed by atoms with Crippen LogP contribution in [0.2, 0.25) is 0 Å². The predicted octanol–water partition coefficient (Wildman–Crippen LogP) is -0.162. The van der Waals surface area contributed by atoms with E-state index in [0.29, 0.717) is 13.0 Å². The SMILES string of the molecule is CCCN1CCC(=O)N1CCO. The maximum atomic E-state index is 11.2. The van der Waals surface area contributed by atoms with Crippen molar-refractivity contribution in [2.75, 3.05) is 26.2 Å². The maximum absolute atomic E-state index is 11.2. The van der Waals surface area contributed by atoms with Gasteiger partial charge < -0.3 is 5.11 Å². The molecule has 0 aromatic rings. The van der Waals surface area contributed by atoms with E-state index in [1.165, 1.54) is 0 Å². The van der Waals surface area contributed by atoms with E-state index in [2.05, 4.69) is 6.92 Å². The molecule has 1 fully saturated rings. The molecule has 1 N–H and O–H groups in total. The Hall–Kier alpha value is -0.610. The molecule has 0 unspecified atom stereocenters. The van der Waals surface area contributed by atoms with Crippen molar-refractivity contribution in [3.05, 3.63) is 0 Å². The van der Waals surface area contributed by atoms with Crippen LogP contribution in [-0.2, 0) is 4.79 Å². The van der Waals surface area contributed by atoms with E-state index < -0.39 is 0 Å². The lowest BCUT2D eigenvalue weighted by molar-refractivity contribution is -0.138. The normalized spacial score (nSPS) is 19.2. The Morgan fingerprint density at radius 3 is 2.83 bits per heavy atom. The highest BCUT2D eigenvalue weighted by molar-refractivity contribution is 5.77. The van der Waals surface area contributed by atoms with E-state index >= 15 is 0 Å². The summed E-state index contributed by atoms with van der Waals surface area (Å²) in [7, 11) is 0. The third-order valence-corrected chi connectivity index (χ3v) is 2.01. The van der Waals surface area contributed by atoms with Gasteiger partial charge in [-0.15, -0.1) is 0 Å². The molecule has 0 radical (unpaired) electrons. The fourth-order valence-electron chi connectivity index (χ4n) is 1.48. The summed E-state index contributed by atoms with van der Waals surface area (Å²) in [6.07, 6.45) is 1.63. The lowest BCUT2D eigenvalue weighted by atomic mass is 10.4. The third kappa shape index (κ3) is 1.95. The third-order valence-electron chi connectivity index (χ3n) is 2.01. The zero-order chi connectivity index (χ0) is 8.97. The van der Waals surface area contributed by atoms with Gasteiger partial charge in [0, 0.05) is 19.5 Å². The minimum absolute atomic E-state index is 0.0476. The summed E-state index contributed by atoms with van der Waals surface area (Å²) >= 11 is 0. The standard InChI is InChI=1S/C8H16N2O2/c1-2-4-9-5-3-8(12)10(9)6-7-11/h11H,2-7H2,1H3. The van der Waals surface area contributed by atoms with Crippen LogP contribution in [0.1, 0.15) is 19.8 Å². The monoisotopic (exact) mass is 172 g/mol. The van der Waals surface area contributed by atoms with Crippen molar-refractivity contribution in [1.29, 1.82) is 0 Å². The van der Waals surface area contributed by atoms with Crippen molar-refractivity contribution in [2.45, 2.75) is 19.8 Å². The lowest BCUT2D eigenvalue weighted by Crippen LogP contribution is -2.41. The van der Waals surface area contributed by atoms with Crippen LogP contribution in [0.5, 0.6) is 0 Å². The van der Waals surface area contributed by atoms with E-state index in [0.717, 1.165) is 19.5 Å². The van der Waals surface area contributed by atoms with Crippen LogP contribution >= 0.6 is 0 Å². The summed E-state index contributed by atoms with van der Waals surface area (Å²) < 4.78 is 0. The molecule has 4 heteroatoms. The number of rotatable bonds is 4. The Morgan fingerprint density at radius 2 is 2.25 bits per heavy atom. The van der Waals surface area contributed by atoms with E-state index in [-0.39, 0.29) is 12.5 Å². The van der Waals surface area contributed by atoms with Crippen LogP contribution < -0.4 is 0 Å². The molecule has 0 aromatic heterocycles. The largest absolute Gasteiger partial charge is 0.394 e. The molecular formula is C8H16N2O2. The number of β-amino-alcohol motifs (C(OH)–C–C–N with tert-alkyl or cyclic N) is 1. The molecule has 1 amide bonds. The first-order chi connectivity index (χ1) is 5.79. The Bertz CT molecular complexity index is 161. The molecule has 0 saturated carbocycles. The summed E-state index contributed by atoms with van der Waals surface area (Å²) in [4.78, 5) is 11.2. The number of nitrogens with zero attached hydrogens (tertiary/aromatic N) is 2. The number of aliphatic hydroxyl groups excluding tert-OH is 1. The van der Waals surface area contributed by atoms with Gasteiger partial charge in [0.1, 0.15) is 0 Å². The van der Waals surface area contributed by atoms with Gasteiger partial charge in [-0.25, -0.2) is 5.01 Å². The second-order valence-corrected chi connectivity index (χ2v) is 2.94. The predicted molar refractivity (Wildman–Crippen MR) is 45.3 cm³/mol. The van der Waals surface area contributed by atoms with Gasteiger partial charge in [-0.05, 0) is 6.42 Å². The molecular weight excluding hydrogens is 156 g/mol. The number of amides is 1. The molecule has 12 heavy (non-hydrogen) atoms. The molecule has 0 spiro atoms. The van der Waals surface area contributed by atoms with Crippen LogP contribution in [0.3, 0.4) is 0 Å². The van der Waals surface area contributed by atoms with Gasteiger partial charge >= 0.3 is 0 Å². The van der Waals surface area contributed by atoms with Gasteiger partial charge in [0.05, 0.1) is 13.2 Å². The topological polar surface area (TPSA) is 43.8 Å². The molecule has 1 aliphatic rings. The molecule has 1 rings (SSSR count). The van der Waals surface area contributed by atoms with Crippen LogP contribution in [0.4, 0.5) is 0 Å². The van der Waals surface area contributed by atoms with Crippen molar-refractivity contribution in [2.24, 2.45) is 0 Å². The van der Waals surface area contributed by atoms with Crippen molar-refractivity contribution in [1.82, 2.24) is 10.0 Å². The Morgan fingerprint density at radius 1 is 1.50 bits per heavy atom. The summed E-state index contributed by atoms with van der Waals surface area (Å²) in [5.74, 6) is 0.137. The lowest BCUT2D eigenvalue weighted by Gasteiger charge is -2.26. The number of aliphatic hydroxyl groups is 1. The van der Waals surface area contributed by atoms with Gasteiger partial charge in [0.25, 0.3) is 0 Å². The number of hydrogen-bond acceptors (Lipinski definition) is 3. The molecule has 70 valence electrons. The molecule has 1 aliphatic heterocycles. The first kappa shape index (κ1) is 9.48. The number of carbonyl (C=O) groups is 1. The summed E-state index contributed by atoms with van der Waals surface area (Å²) in [6, 6.07) is 0. The summed E-state index contributed by atoms with van der Waals surface area (Å²) in [5, 5.41) is 12.4.